The summed E-state index contributed by atoms with van der Waals surface area (Å²) in [4.78, 5) is 69.9. The Kier molecular flexibility index (Phi) is 9.10. The lowest BCUT2D eigenvalue weighted by molar-refractivity contribution is -0.145. The average Bonchev–Trinajstić information content (AvgIpc) is 3.17. The van der Waals surface area contributed by atoms with Crippen molar-refractivity contribution in [1.29, 1.82) is 0 Å². The van der Waals surface area contributed by atoms with E-state index >= 15 is 0 Å². The number of fused-ring (bicyclic) bond motifs is 1. The molecule has 0 spiro atoms. The van der Waals surface area contributed by atoms with Crippen LogP contribution in [0.2, 0.25) is 4.34 Å². The van der Waals surface area contributed by atoms with Crippen molar-refractivity contribution in [3.05, 3.63) is 21.8 Å². The van der Waals surface area contributed by atoms with E-state index in [9.17, 15) is 24.0 Å². The summed E-state index contributed by atoms with van der Waals surface area (Å²) in [5.74, 6) is -2.40. The first-order valence-electron chi connectivity index (χ1n) is 9.87. The highest BCUT2D eigenvalue weighted by Crippen LogP contribution is 2.36. The summed E-state index contributed by atoms with van der Waals surface area (Å²) in [5.41, 5.74) is 0.375. The zero-order valence-electron chi connectivity index (χ0n) is 18.3. The number of halogens is 2. The number of amides is 3. The standard InChI is InChI=1S/C19H19Cl2N5O7S2/c1-8(27)3-11(29)33-6-9-5-26-17(31)14(18(26)34-7-9)23-16(30)13(25-32-2)12-15(21)35-19(24-12)22-10(28)4-20/h5,14,18H,3-4,6-7H2,1-2H3,(H,23,30)(H,22,24,28)/b25-13-/t14-,18+/m1/s1. The minimum Gasteiger partial charge on any atom is -0.461 e. The summed E-state index contributed by atoms with van der Waals surface area (Å²) in [7, 11) is 1.23. The number of carbonyl (C=O) groups is 5. The molecule has 2 atom stereocenters. The first-order chi connectivity index (χ1) is 16.6. The highest BCUT2D eigenvalue weighted by atomic mass is 35.5. The molecule has 188 valence electrons. The summed E-state index contributed by atoms with van der Waals surface area (Å²) in [5, 5.41) is 8.47. The molecular weight excluding hydrogens is 545 g/mol. The van der Waals surface area contributed by atoms with Gasteiger partial charge in [-0.2, -0.15) is 0 Å². The van der Waals surface area contributed by atoms with E-state index in [1.165, 1.54) is 30.7 Å². The molecule has 35 heavy (non-hydrogen) atoms. The third kappa shape index (κ3) is 6.51. The maximum absolute atomic E-state index is 12.9. The molecule has 1 aromatic heterocycles. The number of thioether (sulfide) groups is 1. The summed E-state index contributed by atoms with van der Waals surface area (Å²) >= 11 is 13.9. The van der Waals surface area contributed by atoms with Crippen LogP contribution in [0.1, 0.15) is 19.0 Å². The van der Waals surface area contributed by atoms with Gasteiger partial charge in [0, 0.05) is 12.0 Å². The van der Waals surface area contributed by atoms with Gasteiger partial charge in [0.1, 0.15) is 53.2 Å². The number of hydrogen-bond acceptors (Lipinski definition) is 11. The fourth-order valence-electron chi connectivity index (χ4n) is 3.01. The minimum absolute atomic E-state index is 0.0321. The number of oxime groups is 1. The van der Waals surface area contributed by atoms with Crippen LogP contribution >= 0.6 is 46.3 Å². The number of nitrogens with one attached hydrogen (secondary N) is 2. The van der Waals surface area contributed by atoms with Crippen molar-refractivity contribution in [2.75, 3.05) is 30.7 Å². The third-order valence-electron chi connectivity index (χ3n) is 4.51. The minimum atomic E-state index is -0.847. The van der Waals surface area contributed by atoms with Crippen molar-refractivity contribution < 1.29 is 33.5 Å². The van der Waals surface area contributed by atoms with Crippen molar-refractivity contribution in [2.24, 2.45) is 5.16 Å². The fraction of sp³-hybridized carbons (Fsp3) is 0.421. The maximum Gasteiger partial charge on any atom is 0.313 e. The van der Waals surface area contributed by atoms with Crippen molar-refractivity contribution in [3.63, 3.8) is 0 Å². The molecule has 1 saturated heterocycles. The summed E-state index contributed by atoms with van der Waals surface area (Å²) in [6.45, 7) is 1.25. The summed E-state index contributed by atoms with van der Waals surface area (Å²) in [6, 6.07) is -0.847. The summed E-state index contributed by atoms with van der Waals surface area (Å²) in [6.07, 6.45) is 1.26. The molecule has 1 fully saturated rings. The van der Waals surface area contributed by atoms with E-state index in [2.05, 4.69) is 20.8 Å². The van der Waals surface area contributed by atoms with Crippen molar-refractivity contribution in [2.45, 2.75) is 24.8 Å². The molecule has 0 aromatic carbocycles. The van der Waals surface area contributed by atoms with E-state index < -0.39 is 23.8 Å². The van der Waals surface area contributed by atoms with Gasteiger partial charge in [-0.05, 0) is 12.5 Å². The number of anilines is 1. The molecule has 0 unspecified atom stereocenters. The normalized spacial score (nSPS) is 19.2. The number of ketones is 1. The molecule has 12 nitrogen and oxygen atoms in total. The second-order valence-corrected chi connectivity index (χ2v) is 10.1. The third-order valence-corrected chi connectivity index (χ3v) is 7.31. The lowest BCUT2D eigenvalue weighted by Gasteiger charge is -2.47. The van der Waals surface area contributed by atoms with E-state index in [0.29, 0.717) is 11.3 Å². The Bertz CT molecular complexity index is 1120. The van der Waals surface area contributed by atoms with E-state index in [1.807, 2.05) is 0 Å². The van der Waals surface area contributed by atoms with Crippen LogP contribution in [-0.2, 0) is 33.5 Å². The van der Waals surface area contributed by atoms with Crippen molar-refractivity contribution in [3.8, 4) is 0 Å². The molecule has 0 bridgehead atoms. The van der Waals surface area contributed by atoms with Gasteiger partial charge in [0.05, 0.1) is 0 Å². The van der Waals surface area contributed by atoms with Gasteiger partial charge in [0.2, 0.25) is 5.91 Å². The quantitative estimate of drug-likeness (QED) is 0.106. The first kappa shape index (κ1) is 26.9. The predicted molar refractivity (Wildman–Crippen MR) is 129 cm³/mol. The largest absolute Gasteiger partial charge is 0.461 e. The van der Waals surface area contributed by atoms with Crippen LogP contribution in [-0.4, -0.2) is 81.8 Å². The number of carbonyl (C=O) groups excluding carboxylic acids is 5. The second kappa shape index (κ2) is 11.8. The highest BCUT2D eigenvalue weighted by molar-refractivity contribution is 8.00. The Balaban J connectivity index is 1.64. The van der Waals surface area contributed by atoms with Gasteiger partial charge >= 0.3 is 5.97 Å². The molecule has 3 heterocycles. The van der Waals surface area contributed by atoms with Crippen molar-refractivity contribution >= 4 is 86.6 Å². The number of rotatable bonds is 10. The smallest absolute Gasteiger partial charge is 0.313 e. The fourth-order valence-corrected chi connectivity index (χ4v) is 5.39. The monoisotopic (exact) mass is 563 g/mol. The highest BCUT2D eigenvalue weighted by Gasteiger charge is 2.50. The molecule has 1 aromatic rings. The van der Waals surface area contributed by atoms with E-state index in [-0.39, 0.29) is 56.8 Å². The topological polar surface area (TPSA) is 156 Å². The molecule has 2 aliphatic rings. The average molecular weight is 564 g/mol. The van der Waals surface area contributed by atoms with Gasteiger partial charge < -0.3 is 25.1 Å². The van der Waals surface area contributed by atoms with Crippen LogP contribution in [0.5, 0.6) is 0 Å². The molecule has 0 saturated carbocycles. The van der Waals surface area contributed by atoms with Crippen LogP contribution in [0.25, 0.3) is 0 Å². The van der Waals surface area contributed by atoms with Gasteiger partial charge in [-0.1, -0.05) is 28.1 Å². The van der Waals surface area contributed by atoms with Crippen LogP contribution in [0.3, 0.4) is 0 Å². The molecule has 3 amide bonds. The van der Waals surface area contributed by atoms with Gasteiger partial charge in [-0.25, -0.2) is 4.98 Å². The number of thiazole rings is 1. The van der Waals surface area contributed by atoms with Gasteiger partial charge in [-0.3, -0.25) is 24.0 Å². The molecule has 2 N–H and O–H groups in total. The van der Waals surface area contributed by atoms with Gasteiger partial charge in [0.15, 0.2) is 10.8 Å². The van der Waals surface area contributed by atoms with Crippen LogP contribution < -0.4 is 10.6 Å². The predicted octanol–water partition coefficient (Wildman–Crippen LogP) is 1.13. The molecule has 16 heteroatoms. The Morgan fingerprint density at radius 1 is 1.34 bits per heavy atom. The Morgan fingerprint density at radius 3 is 2.74 bits per heavy atom. The molecule has 0 aliphatic carbocycles. The number of β-lactam (4-membered cyclic amide) rings is 1. The number of alkyl halides is 1. The Morgan fingerprint density at radius 2 is 2.09 bits per heavy atom. The molecular formula is C19H19Cl2N5O7S2. The SMILES string of the molecule is CO/N=C(\C(=O)N[C@@H]1C(=O)N2C=C(COC(=O)CC(C)=O)CS[C@@H]12)c1nc(NC(=O)CCl)sc1Cl. The van der Waals surface area contributed by atoms with E-state index in [4.69, 9.17) is 32.8 Å². The number of aromatic nitrogens is 1. The lowest BCUT2D eigenvalue weighted by atomic mass is 10.1. The molecule has 3 rings (SSSR count). The maximum atomic E-state index is 12.9. The van der Waals surface area contributed by atoms with Crippen LogP contribution in [0.4, 0.5) is 5.13 Å². The number of ether oxygens (including phenoxy) is 1. The number of esters is 1. The molecule has 0 radical (unpaired) electrons. The van der Waals surface area contributed by atoms with Crippen LogP contribution in [0.15, 0.2) is 16.9 Å². The molecule has 2 aliphatic heterocycles. The second-order valence-electron chi connectivity index (χ2n) is 7.17. The Hall–Kier alpha value is -2.68. The van der Waals surface area contributed by atoms with Gasteiger partial charge in [0.25, 0.3) is 11.8 Å². The number of nitrogens with zero attached hydrogens (tertiary/aromatic N) is 3. The van der Waals surface area contributed by atoms with E-state index in [1.54, 1.807) is 6.20 Å². The number of hydrogen-bond donors (Lipinski definition) is 2. The van der Waals surface area contributed by atoms with E-state index in [0.717, 1.165) is 11.3 Å². The zero-order chi connectivity index (χ0) is 25.7. The Labute approximate surface area is 217 Å². The summed E-state index contributed by atoms with van der Waals surface area (Å²) < 4.78 is 5.12. The number of Topliss-reactive ketones (excluding diaryl/α,β-unsaturated/α-hetero) is 1. The van der Waals surface area contributed by atoms with Crippen LogP contribution in [0, 0.1) is 0 Å². The first-order valence-corrected chi connectivity index (χ1v) is 12.6. The lowest BCUT2D eigenvalue weighted by Crippen LogP contribution is -2.69. The van der Waals surface area contributed by atoms with Crippen molar-refractivity contribution in [1.82, 2.24) is 15.2 Å². The van der Waals surface area contributed by atoms with Gasteiger partial charge in [-0.15, -0.1) is 23.4 Å². The zero-order valence-corrected chi connectivity index (χ0v) is 21.5.